The number of benzene rings is 2. The minimum absolute atomic E-state index is 0.0363. The van der Waals surface area contributed by atoms with Gasteiger partial charge in [-0.3, -0.25) is 4.79 Å². The van der Waals surface area contributed by atoms with Crippen LogP contribution in [-0.4, -0.2) is 42.3 Å². The lowest BCUT2D eigenvalue weighted by Crippen LogP contribution is -2.37. The molecule has 0 unspecified atom stereocenters. The zero-order valence-corrected chi connectivity index (χ0v) is 17.5. The maximum Gasteiger partial charge on any atom is 0.254 e. The smallest absolute Gasteiger partial charge is 0.254 e. The second-order valence-electron chi connectivity index (χ2n) is 7.24. The summed E-state index contributed by atoms with van der Waals surface area (Å²) in [5, 5.41) is 4.77. The molecule has 0 bridgehead atoms. The minimum atomic E-state index is -0.0869. The Morgan fingerprint density at radius 3 is 2.63 bits per heavy atom. The van der Waals surface area contributed by atoms with E-state index in [1.54, 1.807) is 36.3 Å². The van der Waals surface area contributed by atoms with Gasteiger partial charge in [0.15, 0.2) is 5.76 Å². The summed E-state index contributed by atoms with van der Waals surface area (Å²) in [5.41, 5.74) is 2.15. The predicted octanol–water partition coefficient (Wildman–Crippen LogP) is 4.83. The second-order valence-corrected chi connectivity index (χ2v) is 7.68. The van der Waals surface area contributed by atoms with Crippen LogP contribution in [0.3, 0.4) is 0 Å². The van der Waals surface area contributed by atoms with Gasteiger partial charge in [-0.25, -0.2) is 0 Å². The molecule has 1 aliphatic heterocycles. The molecule has 6 nitrogen and oxygen atoms in total. The monoisotopic (exact) mass is 426 g/mol. The molecule has 1 amide bonds. The highest BCUT2D eigenvalue weighted by molar-refractivity contribution is 6.30. The van der Waals surface area contributed by atoms with Crippen molar-refractivity contribution in [3.8, 4) is 17.1 Å². The van der Waals surface area contributed by atoms with E-state index in [9.17, 15) is 4.79 Å². The Labute approximate surface area is 180 Å². The first-order chi connectivity index (χ1) is 14.6. The summed E-state index contributed by atoms with van der Waals surface area (Å²) in [7, 11) is 1.63. The third kappa shape index (κ3) is 4.83. The first-order valence-corrected chi connectivity index (χ1v) is 10.3. The standard InChI is InChI=1S/C23H23ClN2O4/c1-28-20-10-6-16(7-11-20)22-13-19(25-30-22)14-26(15-21-3-2-12-29-21)23(27)17-4-8-18(24)9-5-17/h4-11,13,21H,2-3,12,14-15H2,1H3/t21-/m0/s1. The number of hydrogen-bond donors (Lipinski definition) is 0. The van der Waals surface area contributed by atoms with E-state index in [4.69, 9.17) is 25.6 Å². The van der Waals surface area contributed by atoms with Crippen molar-refractivity contribution >= 4 is 17.5 Å². The lowest BCUT2D eigenvalue weighted by atomic mass is 10.1. The highest BCUT2D eigenvalue weighted by atomic mass is 35.5. The van der Waals surface area contributed by atoms with Gasteiger partial charge in [0.05, 0.1) is 19.8 Å². The van der Waals surface area contributed by atoms with Crippen molar-refractivity contribution in [3.63, 3.8) is 0 Å². The van der Waals surface area contributed by atoms with Crippen LogP contribution < -0.4 is 4.74 Å². The van der Waals surface area contributed by atoms with Crippen molar-refractivity contribution in [2.75, 3.05) is 20.3 Å². The average molecular weight is 427 g/mol. The van der Waals surface area contributed by atoms with Gasteiger partial charge in [0.25, 0.3) is 5.91 Å². The number of nitrogens with zero attached hydrogens (tertiary/aromatic N) is 2. The SMILES string of the molecule is COc1ccc(-c2cc(CN(C[C@@H]3CCCO3)C(=O)c3ccc(Cl)cc3)no2)cc1. The first-order valence-electron chi connectivity index (χ1n) is 9.89. The Hall–Kier alpha value is -2.83. The lowest BCUT2D eigenvalue weighted by molar-refractivity contribution is 0.0502. The number of rotatable bonds is 7. The summed E-state index contributed by atoms with van der Waals surface area (Å²) in [4.78, 5) is 14.9. The van der Waals surface area contributed by atoms with E-state index in [0.29, 0.717) is 35.1 Å². The molecular weight excluding hydrogens is 404 g/mol. The Bertz CT molecular complexity index is 979. The fraction of sp³-hybridized carbons (Fsp3) is 0.304. The third-order valence-electron chi connectivity index (χ3n) is 5.11. The molecule has 3 aromatic rings. The topological polar surface area (TPSA) is 64.8 Å². The first kappa shape index (κ1) is 20.4. The van der Waals surface area contributed by atoms with Gasteiger partial charge in [0.1, 0.15) is 11.4 Å². The summed E-state index contributed by atoms with van der Waals surface area (Å²) in [6.07, 6.45) is 1.99. The van der Waals surface area contributed by atoms with E-state index in [1.165, 1.54) is 0 Å². The maximum absolute atomic E-state index is 13.2. The van der Waals surface area contributed by atoms with Crippen molar-refractivity contribution in [2.45, 2.75) is 25.5 Å². The van der Waals surface area contributed by atoms with Crippen LogP contribution in [0.25, 0.3) is 11.3 Å². The molecule has 0 spiro atoms. The van der Waals surface area contributed by atoms with Gasteiger partial charge in [0, 0.05) is 35.4 Å². The van der Waals surface area contributed by atoms with E-state index in [-0.39, 0.29) is 12.0 Å². The molecule has 1 fully saturated rings. The van der Waals surface area contributed by atoms with Crippen molar-refractivity contribution < 1.29 is 18.8 Å². The maximum atomic E-state index is 13.2. The van der Waals surface area contributed by atoms with Crippen LogP contribution >= 0.6 is 11.6 Å². The molecule has 7 heteroatoms. The van der Waals surface area contributed by atoms with Crippen LogP contribution in [0.5, 0.6) is 5.75 Å². The molecule has 156 valence electrons. The molecular formula is C23H23ClN2O4. The molecule has 1 atom stereocenters. The number of carbonyl (C=O) groups excluding carboxylic acids is 1. The van der Waals surface area contributed by atoms with Crippen molar-refractivity contribution in [2.24, 2.45) is 0 Å². The fourth-order valence-electron chi connectivity index (χ4n) is 3.50. The quantitative estimate of drug-likeness (QED) is 0.541. The molecule has 2 heterocycles. The van der Waals surface area contributed by atoms with Crippen LogP contribution in [0.4, 0.5) is 0 Å². The Kier molecular flexibility index (Phi) is 6.35. The molecule has 30 heavy (non-hydrogen) atoms. The molecule has 0 aliphatic carbocycles. The molecule has 0 N–H and O–H groups in total. The summed E-state index contributed by atoms with van der Waals surface area (Å²) in [6.45, 7) is 1.58. The molecule has 2 aromatic carbocycles. The number of ether oxygens (including phenoxy) is 2. The molecule has 1 aliphatic rings. The zero-order chi connectivity index (χ0) is 20.9. The highest BCUT2D eigenvalue weighted by Gasteiger charge is 2.25. The number of carbonyl (C=O) groups is 1. The Balaban J connectivity index is 1.52. The number of hydrogen-bond acceptors (Lipinski definition) is 5. The molecule has 1 aromatic heterocycles. The number of aromatic nitrogens is 1. The minimum Gasteiger partial charge on any atom is -0.497 e. The highest BCUT2D eigenvalue weighted by Crippen LogP contribution is 2.24. The number of halogens is 1. The van der Waals surface area contributed by atoms with E-state index in [0.717, 1.165) is 30.8 Å². The van der Waals surface area contributed by atoms with Gasteiger partial charge in [0.2, 0.25) is 0 Å². The van der Waals surface area contributed by atoms with Gasteiger partial charge in [-0.2, -0.15) is 0 Å². The predicted molar refractivity (Wildman–Crippen MR) is 114 cm³/mol. The molecule has 1 saturated heterocycles. The van der Waals surface area contributed by atoms with Crippen molar-refractivity contribution in [1.82, 2.24) is 10.1 Å². The fourth-order valence-corrected chi connectivity index (χ4v) is 3.63. The molecule has 0 saturated carbocycles. The van der Waals surface area contributed by atoms with Gasteiger partial charge in [-0.15, -0.1) is 0 Å². The Morgan fingerprint density at radius 1 is 1.20 bits per heavy atom. The third-order valence-corrected chi connectivity index (χ3v) is 5.36. The van der Waals surface area contributed by atoms with E-state index in [2.05, 4.69) is 5.16 Å². The van der Waals surface area contributed by atoms with Gasteiger partial charge >= 0.3 is 0 Å². The normalized spacial score (nSPS) is 15.9. The van der Waals surface area contributed by atoms with Crippen LogP contribution in [0.15, 0.2) is 59.1 Å². The number of amides is 1. The lowest BCUT2D eigenvalue weighted by Gasteiger charge is -2.24. The van der Waals surface area contributed by atoms with Crippen LogP contribution in [0.2, 0.25) is 5.02 Å². The van der Waals surface area contributed by atoms with E-state index < -0.39 is 0 Å². The van der Waals surface area contributed by atoms with Gasteiger partial charge < -0.3 is 18.9 Å². The van der Waals surface area contributed by atoms with Crippen molar-refractivity contribution in [3.05, 3.63) is 70.9 Å². The van der Waals surface area contributed by atoms with E-state index in [1.807, 2.05) is 30.3 Å². The number of methoxy groups -OCH3 is 1. The van der Waals surface area contributed by atoms with Crippen LogP contribution in [-0.2, 0) is 11.3 Å². The zero-order valence-electron chi connectivity index (χ0n) is 16.7. The second kappa shape index (κ2) is 9.32. The van der Waals surface area contributed by atoms with Crippen molar-refractivity contribution in [1.29, 1.82) is 0 Å². The summed E-state index contributed by atoms with van der Waals surface area (Å²) >= 11 is 5.97. The summed E-state index contributed by atoms with van der Waals surface area (Å²) in [5.74, 6) is 1.33. The largest absolute Gasteiger partial charge is 0.497 e. The van der Waals surface area contributed by atoms with Gasteiger partial charge in [-0.1, -0.05) is 16.8 Å². The van der Waals surface area contributed by atoms with Gasteiger partial charge in [-0.05, 0) is 61.4 Å². The molecule has 0 radical (unpaired) electrons. The van der Waals surface area contributed by atoms with Crippen LogP contribution in [0.1, 0.15) is 28.9 Å². The Morgan fingerprint density at radius 2 is 1.97 bits per heavy atom. The average Bonchev–Trinajstić information content (AvgIpc) is 3.46. The van der Waals surface area contributed by atoms with Crippen LogP contribution in [0, 0.1) is 0 Å². The van der Waals surface area contributed by atoms with E-state index >= 15 is 0 Å². The summed E-state index contributed by atoms with van der Waals surface area (Å²) in [6, 6.07) is 16.3. The summed E-state index contributed by atoms with van der Waals surface area (Å²) < 4.78 is 16.5. The molecule has 4 rings (SSSR count).